The van der Waals surface area contributed by atoms with Gasteiger partial charge in [-0.25, -0.2) is 4.79 Å². The summed E-state index contributed by atoms with van der Waals surface area (Å²) >= 11 is 0. The second kappa shape index (κ2) is 9.42. The van der Waals surface area contributed by atoms with Crippen LogP contribution in [0.15, 0.2) is 0 Å². The fourth-order valence-electron chi connectivity index (χ4n) is 3.91. The van der Waals surface area contributed by atoms with Crippen molar-refractivity contribution in [3.05, 3.63) is 0 Å². The molecule has 0 aromatic rings. The molecule has 0 bridgehead atoms. The monoisotopic (exact) mass is 382 g/mol. The summed E-state index contributed by atoms with van der Waals surface area (Å²) in [4.78, 5) is 39.6. The Morgan fingerprint density at radius 1 is 1.15 bits per heavy atom. The fraction of sp³-hybridized carbons (Fsp3) is 0.850. The highest BCUT2D eigenvalue weighted by molar-refractivity contribution is 5.83. The number of hydrogen-bond donors (Lipinski definition) is 1. The summed E-state index contributed by atoms with van der Waals surface area (Å²) < 4.78 is 10.8. The zero-order valence-electron chi connectivity index (χ0n) is 17.1. The molecule has 154 valence electrons. The lowest BCUT2D eigenvalue weighted by atomic mass is 10.0. The molecule has 1 saturated heterocycles. The number of amides is 2. The quantitative estimate of drug-likeness (QED) is 0.742. The largest absolute Gasteiger partial charge is 0.466 e. The van der Waals surface area contributed by atoms with Crippen molar-refractivity contribution in [2.45, 2.75) is 77.9 Å². The van der Waals surface area contributed by atoms with Crippen LogP contribution in [0, 0.1) is 11.8 Å². The third kappa shape index (κ3) is 6.11. The van der Waals surface area contributed by atoms with Crippen LogP contribution in [0.3, 0.4) is 0 Å². The highest BCUT2D eigenvalue weighted by atomic mass is 16.6. The minimum absolute atomic E-state index is 0.0812. The Kier molecular flexibility index (Phi) is 7.50. The molecule has 0 spiro atoms. The summed E-state index contributed by atoms with van der Waals surface area (Å²) in [5, 5.41) is 2.98. The van der Waals surface area contributed by atoms with E-state index < -0.39 is 17.6 Å². The normalized spacial score (nSPS) is 27.2. The second-order valence-electron chi connectivity index (χ2n) is 8.47. The van der Waals surface area contributed by atoms with Gasteiger partial charge in [0.25, 0.3) is 0 Å². The highest BCUT2D eigenvalue weighted by Gasteiger charge is 2.46. The molecule has 1 saturated carbocycles. The third-order valence-electron chi connectivity index (χ3n) is 5.14. The number of nitrogens with one attached hydrogen (secondary N) is 1. The Labute approximate surface area is 162 Å². The van der Waals surface area contributed by atoms with E-state index in [-0.39, 0.29) is 23.8 Å². The molecule has 2 aliphatic rings. The van der Waals surface area contributed by atoms with Crippen LogP contribution in [0.4, 0.5) is 4.79 Å². The van der Waals surface area contributed by atoms with E-state index in [1.165, 1.54) is 0 Å². The van der Waals surface area contributed by atoms with Crippen LogP contribution in [0.5, 0.6) is 0 Å². The van der Waals surface area contributed by atoms with Gasteiger partial charge in [-0.1, -0.05) is 12.8 Å². The summed E-state index contributed by atoms with van der Waals surface area (Å²) in [5.74, 6) is -1.14. The minimum atomic E-state index is -0.611. The predicted molar refractivity (Wildman–Crippen MR) is 101 cm³/mol. The van der Waals surface area contributed by atoms with Gasteiger partial charge >= 0.3 is 12.1 Å². The second-order valence-corrected chi connectivity index (χ2v) is 8.47. The van der Waals surface area contributed by atoms with Crippen LogP contribution < -0.4 is 5.32 Å². The number of ether oxygens (including phenoxy) is 2. The molecule has 0 aromatic heterocycles. The topological polar surface area (TPSA) is 84.9 Å². The van der Waals surface area contributed by atoms with E-state index in [4.69, 9.17) is 9.47 Å². The van der Waals surface area contributed by atoms with Gasteiger partial charge in [0, 0.05) is 19.1 Å². The first kappa shape index (κ1) is 21.5. The van der Waals surface area contributed by atoms with E-state index in [0.717, 1.165) is 25.7 Å². The molecule has 1 N–H and O–H groups in total. The van der Waals surface area contributed by atoms with E-state index >= 15 is 0 Å². The van der Waals surface area contributed by atoms with E-state index in [1.807, 2.05) is 20.8 Å². The van der Waals surface area contributed by atoms with Gasteiger partial charge in [0.15, 0.2) is 0 Å². The van der Waals surface area contributed by atoms with Crippen molar-refractivity contribution >= 4 is 18.0 Å². The van der Waals surface area contributed by atoms with Crippen molar-refractivity contribution in [1.29, 1.82) is 0 Å². The molecule has 7 nitrogen and oxygen atoms in total. The van der Waals surface area contributed by atoms with Crippen LogP contribution in [0.25, 0.3) is 0 Å². The molecule has 7 heteroatoms. The van der Waals surface area contributed by atoms with E-state index in [9.17, 15) is 14.4 Å². The molecule has 1 aliphatic heterocycles. The maximum absolute atomic E-state index is 12.9. The first-order chi connectivity index (χ1) is 12.7. The summed E-state index contributed by atoms with van der Waals surface area (Å²) in [6.45, 7) is 8.75. The maximum atomic E-state index is 12.9. The van der Waals surface area contributed by atoms with Crippen LogP contribution >= 0.6 is 0 Å². The first-order valence-corrected chi connectivity index (χ1v) is 10.2. The summed E-state index contributed by atoms with van der Waals surface area (Å²) in [6, 6.07) is -0.340. The number of carbonyl (C=O) groups is 3. The van der Waals surface area contributed by atoms with Crippen molar-refractivity contribution < 1.29 is 23.9 Å². The van der Waals surface area contributed by atoms with E-state index in [2.05, 4.69) is 5.32 Å². The highest BCUT2D eigenvalue weighted by Crippen LogP contribution is 2.37. The predicted octanol–water partition coefficient (Wildman–Crippen LogP) is 2.87. The Hall–Kier alpha value is -1.79. The third-order valence-corrected chi connectivity index (χ3v) is 5.14. The molecule has 0 aromatic carbocycles. The smallest absolute Gasteiger partial charge is 0.410 e. The molecule has 2 fully saturated rings. The van der Waals surface area contributed by atoms with Gasteiger partial charge in [0.1, 0.15) is 5.60 Å². The lowest BCUT2D eigenvalue weighted by molar-refractivity contribution is -0.148. The number of esters is 1. The maximum Gasteiger partial charge on any atom is 0.410 e. The SMILES string of the molecule is CCOC(=O)[C@@H]1C[C@H]2C(=O)NCCCCCCN(C(=O)OC(C)(C)C)[C@H]2C1. The molecule has 2 amide bonds. The Balaban J connectivity index is 2.25. The van der Waals surface area contributed by atoms with Gasteiger partial charge in [-0.3, -0.25) is 9.59 Å². The van der Waals surface area contributed by atoms with Gasteiger partial charge in [0.05, 0.1) is 18.4 Å². The van der Waals surface area contributed by atoms with Crippen LogP contribution in [-0.2, 0) is 19.1 Å². The van der Waals surface area contributed by atoms with E-state index in [1.54, 1.807) is 11.8 Å². The lowest BCUT2D eigenvalue weighted by Crippen LogP contribution is -2.48. The zero-order chi connectivity index (χ0) is 20.0. The Morgan fingerprint density at radius 3 is 2.52 bits per heavy atom. The zero-order valence-corrected chi connectivity index (χ0v) is 17.1. The fourth-order valence-corrected chi connectivity index (χ4v) is 3.91. The molecule has 2 rings (SSSR count). The van der Waals surface area contributed by atoms with Crippen molar-refractivity contribution in [2.24, 2.45) is 11.8 Å². The van der Waals surface area contributed by atoms with Crippen molar-refractivity contribution in [2.75, 3.05) is 19.7 Å². The molecular formula is C20H34N2O5. The van der Waals surface area contributed by atoms with Crippen molar-refractivity contribution in [3.8, 4) is 0 Å². The molecular weight excluding hydrogens is 348 g/mol. The average Bonchev–Trinajstić information content (AvgIpc) is 2.99. The lowest BCUT2D eigenvalue weighted by Gasteiger charge is -2.34. The average molecular weight is 383 g/mol. The summed E-state index contributed by atoms with van der Waals surface area (Å²) in [7, 11) is 0. The van der Waals surface area contributed by atoms with E-state index in [0.29, 0.717) is 32.5 Å². The number of carbonyl (C=O) groups excluding carboxylic acids is 3. The Bertz CT molecular complexity index is 543. The number of fused-ring (bicyclic) bond motifs is 1. The van der Waals surface area contributed by atoms with Gasteiger partial charge in [-0.15, -0.1) is 0 Å². The molecule has 3 atom stereocenters. The number of nitrogens with zero attached hydrogens (tertiary/aromatic N) is 1. The molecule has 1 heterocycles. The summed E-state index contributed by atoms with van der Waals surface area (Å²) in [6.07, 6.45) is 4.24. The van der Waals surface area contributed by atoms with Crippen molar-refractivity contribution in [1.82, 2.24) is 10.2 Å². The van der Waals surface area contributed by atoms with Crippen LogP contribution in [0.1, 0.15) is 66.2 Å². The van der Waals surface area contributed by atoms with Crippen molar-refractivity contribution in [3.63, 3.8) is 0 Å². The molecule has 0 radical (unpaired) electrons. The first-order valence-electron chi connectivity index (χ1n) is 10.2. The Morgan fingerprint density at radius 2 is 1.85 bits per heavy atom. The summed E-state index contributed by atoms with van der Waals surface area (Å²) in [5.41, 5.74) is -0.611. The van der Waals surface area contributed by atoms with Gasteiger partial charge in [0.2, 0.25) is 5.91 Å². The number of hydrogen-bond acceptors (Lipinski definition) is 5. The standard InChI is InChI=1S/C20H34N2O5/c1-5-26-18(24)14-12-15-16(13-14)22(19(25)27-20(2,3)4)11-9-7-6-8-10-21-17(15)23/h14-16H,5-13H2,1-4H3,(H,21,23)/t14-,15-,16+/m1/s1. The van der Waals surface area contributed by atoms with Gasteiger partial charge in [-0.05, 0) is 53.4 Å². The minimum Gasteiger partial charge on any atom is -0.466 e. The van der Waals surface area contributed by atoms with Gasteiger partial charge < -0.3 is 19.7 Å². The van der Waals surface area contributed by atoms with Gasteiger partial charge in [-0.2, -0.15) is 0 Å². The van der Waals surface area contributed by atoms with Crippen LogP contribution in [-0.4, -0.2) is 54.2 Å². The molecule has 27 heavy (non-hydrogen) atoms. The van der Waals surface area contributed by atoms with Crippen LogP contribution in [0.2, 0.25) is 0 Å². The molecule has 1 aliphatic carbocycles. The number of rotatable bonds is 2. The molecule has 0 unspecified atom stereocenters.